The van der Waals surface area contributed by atoms with Crippen LogP contribution < -0.4 is 11.1 Å². The van der Waals surface area contributed by atoms with E-state index < -0.39 is 5.91 Å². The Morgan fingerprint density at radius 3 is 2.58 bits per heavy atom. The summed E-state index contributed by atoms with van der Waals surface area (Å²) in [7, 11) is 0. The Hall–Kier alpha value is -3.09. The van der Waals surface area contributed by atoms with Gasteiger partial charge in [-0.2, -0.15) is 0 Å². The number of nitrogens with two attached hydrogens (primary N) is 1. The Morgan fingerprint density at radius 2 is 1.96 bits per heavy atom. The molecule has 1 fully saturated rings. The van der Waals surface area contributed by atoms with E-state index in [1.807, 2.05) is 6.92 Å². The number of furan rings is 1. The molecule has 2 heterocycles. The molecule has 7 heteroatoms. The molecule has 136 valence electrons. The number of hydrogen-bond acceptors (Lipinski definition) is 4. The zero-order valence-electron chi connectivity index (χ0n) is 14.5. The zero-order valence-corrected chi connectivity index (χ0v) is 14.5. The quantitative estimate of drug-likeness (QED) is 0.824. The van der Waals surface area contributed by atoms with Gasteiger partial charge in [0.15, 0.2) is 5.76 Å². The van der Waals surface area contributed by atoms with E-state index >= 15 is 0 Å². The number of benzene rings is 1. The highest BCUT2D eigenvalue weighted by atomic mass is 16.3. The van der Waals surface area contributed by atoms with Gasteiger partial charge in [-0.05, 0) is 30.7 Å². The van der Waals surface area contributed by atoms with E-state index in [1.54, 1.807) is 35.2 Å². The molecule has 0 radical (unpaired) electrons. The van der Waals surface area contributed by atoms with E-state index in [1.165, 1.54) is 6.07 Å². The molecule has 0 bridgehead atoms. The summed E-state index contributed by atoms with van der Waals surface area (Å²) < 4.78 is 5.37. The normalized spacial score (nSPS) is 16.7. The van der Waals surface area contributed by atoms with Gasteiger partial charge >= 0.3 is 0 Å². The van der Waals surface area contributed by atoms with Crippen LogP contribution in [0.4, 0.5) is 0 Å². The summed E-state index contributed by atoms with van der Waals surface area (Å²) in [5.74, 6) is -0.178. The lowest BCUT2D eigenvalue weighted by Crippen LogP contribution is -2.37. The standard InChI is InChI=1S/C19H21N3O4/c1-2-9-22-11-14(10-17(22)23)21-19(25)13-5-3-12(4-6-13)15-7-8-16(26-15)18(20)24/h3-8,14H,2,9-11H2,1H3,(H2,20,24)(H,21,25). The van der Waals surface area contributed by atoms with Gasteiger partial charge in [0.25, 0.3) is 11.8 Å². The second-order valence-corrected chi connectivity index (χ2v) is 6.32. The molecule has 1 saturated heterocycles. The topological polar surface area (TPSA) is 106 Å². The van der Waals surface area contributed by atoms with Gasteiger partial charge in [-0.3, -0.25) is 14.4 Å². The first kappa shape index (κ1) is 17.7. The number of amides is 3. The van der Waals surface area contributed by atoms with Gasteiger partial charge in [0.1, 0.15) is 5.76 Å². The van der Waals surface area contributed by atoms with Crippen LogP contribution in [0, 0.1) is 0 Å². The van der Waals surface area contributed by atoms with Crippen LogP contribution in [0.5, 0.6) is 0 Å². The van der Waals surface area contributed by atoms with Crippen LogP contribution in [0.15, 0.2) is 40.8 Å². The molecule has 1 aliphatic rings. The van der Waals surface area contributed by atoms with Crippen molar-refractivity contribution in [3.63, 3.8) is 0 Å². The number of hydrogen-bond donors (Lipinski definition) is 2. The summed E-state index contributed by atoms with van der Waals surface area (Å²) in [4.78, 5) is 37.1. The van der Waals surface area contributed by atoms with Crippen LogP contribution in [0.1, 0.15) is 40.7 Å². The highest BCUT2D eigenvalue weighted by Crippen LogP contribution is 2.22. The lowest BCUT2D eigenvalue weighted by molar-refractivity contribution is -0.127. The third kappa shape index (κ3) is 3.77. The predicted octanol–water partition coefficient (Wildman–Crippen LogP) is 1.79. The number of nitrogens with one attached hydrogen (secondary N) is 1. The monoisotopic (exact) mass is 355 g/mol. The Balaban J connectivity index is 1.64. The molecule has 0 spiro atoms. The molecular weight excluding hydrogens is 334 g/mol. The molecule has 7 nitrogen and oxygen atoms in total. The van der Waals surface area contributed by atoms with Crippen molar-refractivity contribution in [2.75, 3.05) is 13.1 Å². The maximum absolute atomic E-state index is 12.4. The van der Waals surface area contributed by atoms with Crippen molar-refractivity contribution in [1.82, 2.24) is 10.2 Å². The van der Waals surface area contributed by atoms with E-state index in [4.69, 9.17) is 10.2 Å². The fourth-order valence-corrected chi connectivity index (χ4v) is 3.03. The van der Waals surface area contributed by atoms with E-state index in [9.17, 15) is 14.4 Å². The van der Waals surface area contributed by atoms with Gasteiger partial charge in [0.05, 0.1) is 6.04 Å². The van der Waals surface area contributed by atoms with Gasteiger partial charge in [-0.1, -0.05) is 19.1 Å². The summed E-state index contributed by atoms with van der Waals surface area (Å²) in [5.41, 5.74) is 6.40. The van der Waals surface area contributed by atoms with Crippen molar-refractivity contribution in [3.8, 4) is 11.3 Å². The Kier molecular flexibility index (Phi) is 5.06. The number of carbonyl (C=O) groups is 3. The number of nitrogens with zero attached hydrogens (tertiary/aromatic N) is 1. The smallest absolute Gasteiger partial charge is 0.284 e. The number of carbonyl (C=O) groups excluding carboxylic acids is 3. The Morgan fingerprint density at radius 1 is 1.23 bits per heavy atom. The zero-order chi connectivity index (χ0) is 18.7. The van der Waals surface area contributed by atoms with Crippen molar-refractivity contribution >= 4 is 17.7 Å². The summed E-state index contributed by atoms with van der Waals surface area (Å²) in [5, 5.41) is 2.91. The second kappa shape index (κ2) is 7.43. The van der Waals surface area contributed by atoms with Crippen LogP contribution in [0.3, 0.4) is 0 Å². The van der Waals surface area contributed by atoms with Crippen molar-refractivity contribution in [2.24, 2.45) is 5.73 Å². The molecule has 2 aromatic rings. The van der Waals surface area contributed by atoms with E-state index in [-0.39, 0.29) is 23.6 Å². The highest BCUT2D eigenvalue weighted by molar-refractivity contribution is 5.95. The van der Waals surface area contributed by atoms with Gasteiger partial charge in [-0.15, -0.1) is 0 Å². The summed E-state index contributed by atoms with van der Waals surface area (Å²) in [6, 6.07) is 9.84. The molecule has 1 unspecified atom stereocenters. The molecule has 0 saturated carbocycles. The van der Waals surface area contributed by atoms with E-state index in [2.05, 4.69) is 5.32 Å². The van der Waals surface area contributed by atoms with Crippen molar-refractivity contribution in [1.29, 1.82) is 0 Å². The Bertz CT molecular complexity index is 826. The summed E-state index contributed by atoms with van der Waals surface area (Å²) in [6.45, 7) is 3.29. The van der Waals surface area contributed by atoms with Crippen LogP contribution in [-0.2, 0) is 4.79 Å². The molecule has 26 heavy (non-hydrogen) atoms. The fraction of sp³-hybridized carbons (Fsp3) is 0.316. The second-order valence-electron chi connectivity index (χ2n) is 6.32. The SMILES string of the molecule is CCCN1CC(NC(=O)c2ccc(-c3ccc(C(N)=O)o3)cc2)CC1=O. The first-order valence-corrected chi connectivity index (χ1v) is 8.56. The molecule has 3 N–H and O–H groups in total. The molecule has 1 atom stereocenters. The third-order valence-electron chi connectivity index (χ3n) is 4.32. The molecular formula is C19H21N3O4. The largest absolute Gasteiger partial charge is 0.451 e. The molecule has 1 aromatic carbocycles. The van der Waals surface area contributed by atoms with Crippen LogP contribution >= 0.6 is 0 Å². The number of likely N-dealkylation sites (tertiary alicyclic amines) is 1. The van der Waals surface area contributed by atoms with E-state index in [0.29, 0.717) is 24.3 Å². The van der Waals surface area contributed by atoms with Gasteiger partial charge in [-0.25, -0.2) is 0 Å². The first-order chi connectivity index (χ1) is 12.5. The lowest BCUT2D eigenvalue weighted by atomic mass is 10.1. The minimum Gasteiger partial charge on any atom is -0.451 e. The van der Waals surface area contributed by atoms with Gasteiger partial charge in [0.2, 0.25) is 5.91 Å². The van der Waals surface area contributed by atoms with Gasteiger partial charge in [0, 0.05) is 30.6 Å². The third-order valence-corrected chi connectivity index (χ3v) is 4.32. The molecule has 1 aliphatic heterocycles. The van der Waals surface area contributed by atoms with Crippen molar-refractivity contribution in [3.05, 3.63) is 47.7 Å². The minimum atomic E-state index is -0.629. The number of rotatable bonds is 6. The molecule has 3 rings (SSSR count). The maximum Gasteiger partial charge on any atom is 0.284 e. The predicted molar refractivity (Wildman–Crippen MR) is 95.4 cm³/mol. The lowest BCUT2D eigenvalue weighted by Gasteiger charge is -2.16. The summed E-state index contributed by atoms with van der Waals surface area (Å²) in [6.07, 6.45) is 1.24. The molecule has 1 aromatic heterocycles. The maximum atomic E-state index is 12.4. The van der Waals surface area contributed by atoms with Crippen LogP contribution in [0.2, 0.25) is 0 Å². The highest BCUT2D eigenvalue weighted by Gasteiger charge is 2.30. The molecule has 0 aliphatic carbocycles. The van der Waals surface area contributed by atoms with E-state index in [0.717, 1.165) is 18.5 Å². The number of primary amides is 1. The van der Waals surface area contributed by atoms with Crippen molar-refractivity contribution in [2.45, 2.75) is 25.8 Å². The average molecular weight is 355 g/mol. The van der Waals surface area contributed by atoms with Crippen LogP contribution in [-0.4, -0.2) is 41.8 Å². The van der Waals surface area contributed by atoms with Gasteiger partial charge < -0.3 is 20.4 Å². The average Bonchev–Trinajstić information content (AvgIpc) is 3.23. The first-order valence-electron chi connectivity index (χ1n) is 8.56. The molecule has 3 amide bonds. The summed E-state index contributed by atoms with van der Waals surface area (Å²) >= 11 is 0. The van der Waals surface area contributed by atoms with Crippen molar-refractivity contribution < 1.29 is 18.8 Å². The Labute approximate surface area is 151 Å². The fourth-order valence-electron chi connectivity index (χ4n) is 3.03. The van der Waals surface area contributed by atoms with Crippen LogP contribution in [0.25, 0.3) is 11.3 Å². The minimum absolute atomic E-state index is 0.0792.